The van der Waals surface area contributed by atoms with Crippen molar-refractivity contribution in [2.45, 2.75) is 6.18 Å². The molecule has 2 rings (SSSR count). The van der Waals surface area contributed by atoms with E-state index in [4.69, 9.17) is 16.3 Å². The number of amides is 1. The summed E-state index contributed by atoms with van der Waals surface area (Å²) >= 11 is 5.81. The van der Waals surface area contributed by atoms with E-state index in [-0.39, 0.29) is 22.0 Å². The highest BCUT2D eigenvalue weighted by Crippen LogP contribution is 2.34. The predicted molar refractivity (Wildman–Crippen MR) is 87.2 cm³/mol. The van der Waals surface area contributed by atoms with Crippen molar-refractivity contribution in [3.8, 4) is 5.75 Å². The Bertz CT molecular complexity index is 859. The maximum Gasteiger partial charge on any atom is 0.416 e. The third kappa shape index (κ3) is 4.33. The minimum absolute atomic E-state index is 0.0297. The van der Waals surface area contributed by atoms with E-state index >= 15 is 0 Å². The molecule has 0 saturated carbocycles. The van der Waals surface area contributed by atoms with E-state index in [1.165, 1.54) is 25.3 Å². The van der Waals surface area contributed by atoms with Crippen molar-refractivity contribution in [3.63, 3.8) is 0 Å². The summed E-state index contributed by atoms with van der Waals surface area (Å²) in [5, 5.41) is 11.3. The molecule has 2 aromatic carbocycles. The van der Waals surface area contributed by atoms with Gasteiger partial charge in [0, 0.05) is 11.1 Å². The lowest BCUT2D eigenvalue weighted by Crippen LogP contribution is -2.30. The fourth-order valence-corrected chi connectivity index (χ4v) is 2.19. The molecular weight excluding hydrogens is 379 g/mol. The number of hydrazine groups is 1. The molecule has 26 heavy (non-hydrogen) atoms. The maximum atomic E-state index is 12.7. The van der Waals surface area contributed by atoms with Gasteiger partial charge in [0.25, 0.3) is 11.6 Å². The molecule has 2 N–H and O–H groups in total. The van der Waals surface area contributed by atoms with Gasteiger partial charge < -0.3 is 4.74 Å². The predicted octanol–water partition coefficient (Wildman–Crippen LogP) is 4.03. The summed E-state index contributed by atoms with van der Waals surface area (Å²) in [6.07, 6.45) is -4.74. The molecule has 0 unspecified atom stereocenters. The lowest BCUT2D eigenvalue weighted by molar-refractivity contribution is -0.384. The SMILES string of the molecule is COc1ccc(Cl)cc1C(=O)NNc1ccc(C(F)(F)F)cc1[N+](=O)[O-]. The number of alkyl halides is 3. The van der Waals surface area contributed by atoms with Crippen LogP contribution < -0.4 is 15.6 Å². The fraction of sp³-hybridized carbons (Fsp3) is 0.133. The van der Waals surface area contributed by atoms with Gasteiger partial charge in [0.2, 0.25) is 0 Å². The number of nitrogens with zero attached hydrogens (tertiary/aromatic N) is 1. The van der Waals surface area contributed by atoms with Gasteiger partial charge in [-0.1, -0.05) is 11.6 Å². The molecule has 2 aromatic rings. The first-order chi connectivity index (χ1) is 12.1. The Morgan fingerprint density at radius 2 is 1.92 bits per heavy atom. The quantitative estimate of drug-likeness (QED) is 0.594. The zero-order valence-electron chi connectivity index (χ0n) is 13.1. The Morgan fingerprint density at radius 1 is 1.23 bits per heavy atom. The van der Waals surface area contributed by atoms with Crippen molar-refractivity contribution < 1.29 is 27.6 Å². The summed E-state index contributed by atoms with van der Waals surface area (Å²) < 4.78 is 43.0. The molecule has 0 atom stereocenters. The Labute approximate surface area is 149 Å². The number of halogens is 4. The highest BCUT2D eigenvalue weighted by atomic mass is 35.5. The van der Waals surface area contributed by atoms with Gasteiger partial charge in [-0.3, -0.25) is 25.8 Å². The van der Waals surface area contributed by atoms with Gasteiger partial charge in [0.05, 0.1) is 23.2 Å². The first kappa shape index (κ1) is 19.3. The summed E-state index contributed by atoms with van der Waals surface area (Å²) in [6, 6.07) is 6.11. The molecule has 0 heterocycles. The van der Waals surface area contributed by atoms with Gasteiger partial charge in [-0.25, -0.2) is 0 Å². The largest absolute Gasteiger partial charge is 0.496 e. The Hall–Kier alpha value is -3.01. The van der Waals surface area contributed by atoms with Crippen molar-refractivity contribution >= 4 is 28.9 Å². The molecule has 1 amide bonds. The molecule has 0 bridgehead atoms. The second kappa shape index (κ2) is 7.48. The number of nitro benzene ring substituents is 1. The highest BCUT2D eigenvalue weighted by molar-refractivity contribution is 6.31. The number of benzene rings is 2. The average molecular weight is 390 g/mol. The number of carbonyl (C=O) groups excluding carboxylic acids is 1. The van der Waals surface area contributed by atoms with E-state index in [1.54, 1.807) is 0 Å². The summed E-state index contributed by atoms with van der Waals surface area (Å²) in [7, 11) is 1.33. The van der Waals surface area contributed by atoms with Gasteiger partial charge in [-0.15, -0.1) is 0 Å². The molecule has 0 saturated heterocycles. The normalized spacial score (nSPS) is 11.0. The molecule has 11 heteroatoms. The minimum Gasteiger partial charge on any atom is -0.496 e. The maximum absolute atomic E-state index is 12.7. The minimum atomic E-state index is -4.74. The Kier molecular flexibility index (Phi) is 5.56. The van der Waals surface area contributed by atoms with E-state index in [0.717, 1.165) is 6.07 Å². The summed E-state index contributed by atoms with van der Waals surface area (Å²) in [6.45, 7) is 0. The van der Waals surface area contributed by atoms with Crippen LogP contribution in [0.3, 0.4) is 0 Å². The topological polar surface area (TPSA) is 93.5 Å². The number of methoxy groups -OCH3 is 1. The Balaban J connectivity index is 2.25. The molecule has 0 spiro atoms. The fourth-order valence-electron chi connectivity index (χ4n) is 2.01. The number of ether oxygens (including phenoxy) is 1. The first-order valence-electron chi connectivity index (χ1n) is 6.89. The van der Waals surface area contributed by atoms with Crippen LogP contribution in [0, 0.1) is 10.1 Å². The molecule has 0 aliphatic heterocycles. The van der Waals surface area contributed by atoms with Gasteiger partial charge in [-0.05, 0) is 30.3 Å². The highest BCUT2D eigenvalue weighted by Gasteiger charge is 2.33. The second-order valence-corrected chi connectivity index (χ2v) is 5.35. The molecular formula is C15H11ClF3N3O4. The molecule has 0 fully saturated rings. The van der Waals surface area contributed by atoms with E-state index < -0.39 is 28.3 Å². The van der Waals surface area contributed by atoms with Gasteiger partial charge in [0.1, 0.15) is 11.4 Å². The van der Waals surface area contributed by atoms with Crippen molar-refractivity contribution in [3.05, 3.63) is 62.7 Å². The van der Waals surface area contributed by atoms with Gasteiger partial charge in [0.15, 0.2) is 0 Å². The number of anilines is 1. The van der Waals surface area contributed by atoms with E-state index in [9.17, 15) is 28.1 Å². The van der Waals surface area contributed by atoms with Crippen LogP contribution in [0.2, 0.25) is 5.02 Å². The summed E-state index contributed by atoms with van der Waals surface area (Å²) in [5.74, 6) is -0.561. The average Bonchev–Trinajstić information content (AvgIpc) is 2.58. The van der Waals surface area contributed by atoms with Crippen LogP contribution >= 0.6 is 11.6 Å². The molecule has 138 valence electrons. The third-order valence-corrected chi connectivity index (χ3v) is 3.47. The van der Waals surface area contributed by atoms with Crippen molar-refractivity contribution in [1.29, 1.82) is 0 Å². The van der Waals surface area contributed by atoms with E-state index in [2.05, 4.69) is 10.9 Å². The van der Waals surface area contributed by atoms with Gasteiger partial charge >= 0.3 is 6.18 Å². The van der Waals surface area contributed by atoms with Crippen LogP contribution in [0.15, 0.2) is 36.4 Å². The van der Waals surface area contributed by atoms with Crippen LogP contribution in [0.1, 0.15) is 15.9 Å². The summed E-state index contributed by atoms with van der Waals surface area (Å²) in [5.41, 5.74) is 2.07. The van der Waals surface area contributed by atoms with Crippen molar-refractivity contribution in [1.82, 2.24) is 5.43 Å². The zero-order chi connectivity index (χ0) is 19.5. The first-order valence-corrected chi connectivity index (χ1v) is 7.27. The molecule has 7 nitrogen and oxygen atoms in total. The Morgan fingerprint density at radius 3 is 2.50 bits per heavy atom. The molecule has 0 aliphatic rings. The number of nitrogens with one attached hydrogen (secondary N) is 2. The molecule has 0 aliphatic carbocycles. The lowest BCUT2D eigenvalue weighted by Gasteiger charge is -2.13. The number of rotatable bonds is 5. The van der Waals surface area contributed by atoms with Gasteiger partial charge in [-0.2, -0.15) is 13.2 Å². The third-order valence-electron chi connectivity index (χ3n) is 3.24. The molecule has 0 aromatic heterocycles. The van der Waals surface area contributed by atoms with Crippen LogP contribution in [0.5, 0.6) is 5.75 Å². The van der Waals surface area contributed by atoms with Crippen molar-refractivity contribution in [2.75, 3.05) is 12.5 Å². The number of nitro groups is 1. The summed E-state index contributed by atoms with van der Waals surface area (Å²) in [4.78, 5) is 22.2. The zero-order valence-corrected chi connectivity index (χ0v) is 13.8. The number of carbonyl (C=O) groups is 1. The van der Waals surface area contributed by atoms with Crippen LogP contribution in [-0.2, 0) is 6.18 Å². The smallest absolute Gasteiger partial charge is 0.416 e. The van der Waals surface area contributed by atoms with Crippen molar-refractivity contribution in [2.24, 2.45) is 0 Å². The second-order valence-electron chi connectivity index (χ2n) is 4.91. The standard InChI is InChI=1S/C15H11ClF3N3O4/c1-26-13-5-3-9(16)7-10(13)14(23)21-20-11-4-2-8(15(17,18)19)6-12(11)22(24)25/h2-7,20H,1H3,(H,21,23). The van der Waals surface area contributed by atoms with Crippen LogP contribution in [0.25, 0.3) is 0 Å². The van der Waals surface area contributed by atoms with Crippen LogP contribution in [-0.4, -0.2) is 17.9 Å². The van der Waals surface area contributed by atoms with E-state index in [1.807, 2.05) is 0 Å². The number of hydrogen-bond donors (Lipinski definition) is 2. The van der Waals surface area contributed by atoms with E-state index in [0.29, 0.717) is 12.1 Å². The van der Waals surface area contributed by atoms with Crippen LogP contribution in [0.4, 0.5) is 24.5 Å². The number of hydrogen-bond acceptors (Lipinski definition) is 5. The monoisotopic (exact) mass is 389 g/mol. The molecule has 0 radical (unpaired) electrons. The lowest BCUT2D eigenvalue weighted by atomic mass is 10.1.